The Morgan fingerprint density at radius 1 is 0.939 bits per heavy atom. The molecule has 7 nitrogen and oxygen atoms in total. The third-order valence-corrected chi connectivity index (χ3v) is 5.75. The van der Waals surface area contributed by atoms with Crippen LogP contribution in [0.3, 0.4) is 0 Å². The molecule has 33 heavy (non-hydrogen) atoms. The van der Waals surface area contributed by atoms with Gasteiger partial charge in [0.05, 0.1) is 13.7 Å². The van der Waals surface area contributed by atoms with Crippen LogP contribution in [0.5, 0.6) is 11.5 Å². The van der Waals surface area contributed by atoms with E-state index in [0.29, 0.717) is 24.9 Å². The standard InChI is InChI=1S/C25H37N5O2.HI/c1-5-29-13-15-30(16-14-29)19-21-9-7-20(8-10-21)18-27-25(26-3)28-22-11-12-23(32-6-2)24(17-22)31-4;/h7-12,17H,5-6,13-16,18-19H2,1-4H3,(H2,26,27,28);1H. The average molecular weight is 568 g/mol. The van der Waals surface area contributed by atoms with Crippen molar-refractivity contribution >= 4 is 35.6 Å². The molecule has 0 atom stereocenters. The third kappa shape index (κ3) is 8.35. The molecular weight excluding hydrogens is 529 g/mol. The minimum Gasteiger partial charge on any atom is -0.493 e. The minimum absolute atomic E-state index is 0. The number of anilines is 1. The fourth-order valence-electron chi connectivity index (χ4n) is 3.81. The Kier molecular flexibility index (Phi) is 11.8. The van der Waals surface area contributed by atoms with Crippen LogP contribution in [0, 0.1) is 0 Å². The molecule has 2 N–H and O–H groups in total. The predicted molar refractivity (Wildman–Crippen MR) is 147 cm³/mol. The first-order chi connectivity index (χ1) is 15.6. The van der Waals surface area contributed by atoms with E-state index in [0.717, 1.165) is 37.6 Å². The van der Waals surface area contributed by atoms with Crippen LogP contribution in [0.2, 0.25) is 0 Å². The first kappa shape index (κ1) is 27.2. The number of nitrogens with zero attached hydrogens (tertiary/aromatic N) is 3. The number of hydrogen-bond donors (Lipinski definition) is 2. The van der Waals surface area contributed by atoms with Crippen molar-refractivity contribution < 1.29 is 9.47 Å². The molecule has 8 heteroatoms. The molecule has 2 aromatic rings. The molecule has 0 amide bonds. The number of guanidine groups is 1. The van der Waals surface area contributed by atoms with Gasteiger partial charge in [0, 0.05) is 58.1 Å². The molecule has 0 spiro atoms. The number of aliphatic imine (C=N–C) groups is 1. The van der Waals surface area contributed by atoms with Gasteiger partial charge in [0.15, 0.2) is 17.5 Å². The van der Waals surface area contributed by atoms with Gasteiger partial charge in [0.2, 0.25) is 0 Å². The van der Waals surface area contributed by atoms with Crippen molar-refractivity contribution in [1.29, 1.82) is 0 Å². The van der Waals surface area contributed by atoms with Crippen LogP contribution in [0.4, 0.5) is 5.69 Å². The Hall–Kier alpha value is -2.04. The van der Waals surface area contributed by atoms with E-state index in [2.05, 4.69) is 56.6 Å². The van der Waals surface area contributed by atoms with Crippen molar-refractivity contribution in [3.8, 4) is 11.5 Å². The maximum Gasteiger partial charge on any atom is 0.195 e. The maximum atomic E-state index is 5.58. The summed E-state index contributed by atoms with van der Waals surface area (Å²) in [6.45, 7) is 12.3. The monoisotopic (exact) mass is 567 g/mol. The maximum absolute atomic E-state index is 5.58. The summed E-state index contributed by atoms with van der Waals surface area (Å²) >= 11 is 0. The number of piperazine rings is 1. The van der Waals surface area contributed by atoms with E-state index in [1.807, 2.05) is 25.1 Å². The molecule has 1 aliphatic rings. The first-order valence-corrected chi connectivity index (χ1v) is 11.5. The van der Waals surface area contributed by atoms with Gasteiger partial charge in [-0.2, -0.15) is 0 Å². The molecule has 0 saturated carbocycles. The van der Waals surface area contributed by atoms with E-state index in [4.69, 9.17) is 9.47 Å². The van der Waals surface area contributed by atoms with E-state index in [-0.39, 0.29) is 24.0 Å². The largest absolute Gasteiger partial charge is 0.493 e. The Bertz CT molecular complexity index is 868. The van der Waals surface area contributed by atoms with Crippen LogP contribution < -0.4 is 20.1 Å². The zero-order valence-electron chi connectivity index (χ0n) is 20.3. The fraction of sp³-hybridized carbons (Fsp3) is 0.480. The summed E-state index contributed by atoms with van der Waals surface area (Å²) < 4.78 is 11.0. The zero-order chi connectivity index (χ0) is 22.8. The van der Waals surface area contributed by atoms with Crippen molar-refractivity contribution in [3.63, 3.8) is 0 Å². The smallest absolute Gasteiger partial charge is 0.195 e. The van der Waals surface area contributed by atoms with E-state index >= 15 is 0 Å². The van der Waals surface area contributed by atoms with Crippen molar-refractivity contribution in [2.45, 2.75) is 26.9 Å². The highest BCUT2D eigenvalue weighted by Gasteiger charge is 2.15. The number of benzene rings is 2. The van der Waals surface area contributed by atoms with Gasteiger partial charge in [-0.25, -0.2) is 0 Å². The normalized spacial score (nSPS) is 15.0. The van der Waals surface area contributed by atoms with Gasteiger partial charge >= 0.3 is 0 Å². The van der Waals surface area contributed by atoms with Crippen LogP contribution in [0.1, 0.15) is 25.0 Å². The second-order valence-corrected chi connectivity index (χ2v) is 7.88. The molecule has 3 rings (SSSR count). The lowest BCUT2D eigenvalue weighted by Crippen LogP contribution is -2.45. The number of methoxy groups -OCH3 is 1. The van der Waals surface area contributed by atoms with Gasteiger partial charge in [0.25, 0.3) is 0 Å². The number of rotatable bonds is 9. The molecule has 182 valence electrons. The van der Waals surface area contributed by atoms with Gasteiger partial charge in [-0.05, 0) is 36.7 Å². The molecule has 0 aromatic heterocycles. The number of halogens is 1. The van der Waals surface area contributed by atoms with Crippen LogP contribution >= 0.6 is 24.0 Å². The minimum atomic E-state index is 0. The van der Waals surface area contributed by atoms with Crippen LogP contribution in [0.15, 0.2) is 47.5 Å². The summed E-state index contributed by atoms with van der Waals surface area (Å²) in [5.41, 5.74) is 3.47. The van der Waals surface area contributed by atoms with Gasteiger partial charge in [0.1, 0.15) is 0 Å². The quantitative estimate of drug-likeness (QED) is 0.271. The van der Waals surface area contributed by atoms with Gasteiger partial charge < -0.3 is 25.0 Å². The van der Waals surface area contributed by atoms with Crippen molar-refractivity contribution in [2.24, 2.45) is 4.99 Å². The third-order valence-electron chi connectivity index (χ3n) is 5.75. The fourth-order valence-corrected chi connectivity index (χ4v) is 3.81. The lowest BCUT2D eigenvalue weighted by molar-refractivity contribution is 0.132. The average Bonchev–Trinajstić information content (AvgIpc) is 2.84. The number of hydrogen-bond acceptors (Lipinski definition) is 5. The second kappa shape index (κ2) is 14.3. The van der Waals surface area contributed by atoms with E-state index in [1.165, 1.54) is 24.2 Å². The predicted octanol–water partition coefficient (Wildman–Crippen LogP) is 4.04. The number of likely N-dealkylation sites (N-methyl/N-ethyl adjacent to an activating group) is 1. The Labute approximate surface area is 215 Å². The van der Waals surface area contributed by atoms with Gasteiger partial charge in [-0.15, -0.1) is 24.0 Å². The van der Waals surface area contributed by atoms with E-state index in [1.54, 1.807) is 14.2 Å². The molecule has 0 radical (unpaired) electrons. The Morgan fingerprint density at radius 2 is 1.61 bits per heavy atom. The molecule has 0 aliphatic carbocycles. The number of nitrogens with one attached hydrogen (secondary N) is 2. The summed E-state index contributed by atoms with van der Waals surface area (Å²) in [5.74, 6) is 2.13. The molecule has 0 bridgehead atoms. The van der Waals surface area contributed by atoms with E-state index in [9.17, 15) is 0 Å². The van der Waals surface area contributed by atoms with Crippen molar-refractivity contribution in [2.75, 3.05) is 58.8 Å². The second-order valence-electron chi connectivity index (χ2n) is 7.88. The van der Waals surface area contributed by atoms with Crippen LogP contribution in [-0.2, 0) is 13.1 Å². The SMILES string of the molecule is CCOc1ccc(NC(=NC)NCc2ccc(CN3CCN(CC)CC3)cc2)cc1OC.I. The summed E-state index contributed by atoms with van der Waals surface area (Å²) in [7, 11) is 3.41. The van der Waals surface area contributed by atoms with Crippen LogP contribution in [-0.4, -0.2) is 69.2 Å². The van der Waals surface area contributed by atoms with Crippen molar-refractivity contribution in [3.05, 3.63) is 53.6 Å². The topological polar surface area (TPSA) is 61.4 Å². The summed E-state index contributed by atoms with van der Waals surface area (Å²) in [6, 6.07) is 14.6. The Balaban J connectivity index is 0.00000385. The summed E-state index contributed by atoms with van der Waals surface area (Å²) in [5, 5.41) is 6.68. The lowest BCUT2D eigenvalue weighted by Gasteiger charge is -2.34. The molecule has 2 aromatic carbocycles. The Morgan fingerprint density at radius 3 is 2.21 bits per heavy atom. The molecule has 1 heterocycles. The molecule has 1 aliphatic heterocycles. The molecular formula is C25H38IN5O2. The molecule has 0 unspecified atom stereocenters. The highest BCUT2D eigenvalue weighted by atomic mass is 127. The first-order valence-electron chi connectivity index (χ1n) is 11.5. The van der Waals surface area contributed by atoms with Gasteiger partial charge in [-0.3, -0.25) is 9.89 Å². The van der Waals surface area contributed by atoms with E-state index < -0.39 is 0 Å². The molecule has 1 saturated heterocycles. The zero-order valence-corrected chi connectivity index (χ0v) is 22.6. The highest BCUT2D eigenvalue weighted by molar-refractivity contribution is 14.0. The molecule has 1 fully saturated rings. The van der Waals surface area contributed by atoms with Gasteiger partial charge in [-0.1, -0.05) is 31.2 Å². The number of ether oxygens (including phenoxy) is 2. The lowest BCUT2D eigenvalue weighted by atomic mass is 10.1. The highest BCUT2D eigenvalue weighted by Crippen LogP contribution is 2.30. The van der Waals surface area contributed by atoms with Crippen molar-refractivity contribution in [1.82, 2.24) is 15.1 Å². The summed E-state index contributed by atoms with van der Waals surface area (Å²) in [6.07, 6.45) is 0. The van der Waals surface area contributed by atoms with Crippen LogP contribution in [0.25, 0.3) is 0 Å². The summed E-state index contributed by atoms with van der Waals surface area (Å²) in [4.78, 5) is 9.38.